The highest BCUT2D eigenvalue weighted by Gasteiger charge is 2.32. The number of nitrogens with one attached hydrogen (secondary N) is 1. The maximum Gasteiger partial charge on any atom is 0.327 e. The second kappa shape index (κ2) is 5.35. The lowest BCUT2D eigenvalue weighted by atomic mass is 10.1. The third-order valence-corrected chi connectivity index (χ3v) is 2.92. The van der Waals surface area contributed by atoms with Crippen LogP contribution in [0.5, 0.6) is 5.75 Å². The van der Waals surface area contributed by atoms with E-state index in [0.717, 1.165) is 12.8 Å². The summed E-state index contributed by atoms with van der Waals surface area (Å²) in [6.07, 6.45) is 2.04. The first-order chi connectivity index (χ1) is 8.65. The van der Waals surface area contributed by atoms with Gasteiger partial charge < -0.3 is 9.47 Å². The molecule has 4 nitrogen and oxygen atoms in total. The fourth-order valence-corrected chi connectivity index (χ4v) is 1.82. The molecule has 0 aliphatic heterocycles. The fraction of sp³-hybridized carbons (Fsp3) is 0.462. The Morgan fingerprint density at radius 2 is 2.17 bits per heavy atom. The summed E-state index contributed by atoms with van der Waals surface area (Å²) in [4.78, 5) is 11.8. The second-order valence-electron chi connectivity index (χ2n) is 4.28. The molecule has 1 aliphatic carbocycles. The normalized spacial score (nSPS) is 16.2. The molecular weight excluding hydrogens is 237 g/mol. The van der Waals surface area contributed by atoms with Crippen molar-refractivity contribution < 1.29 is 18.7 Å². The Balaban J connectivity index is 2.32. The van der Waals surface area contributed by atoms with E-state index < -0.39 is 17.8 Å². The average molecular weight is 253 g/mol. The van der Waals surface area contributed by atoms with E-state index in [-0.39, 0.29) is 0 Å². The van der Waals surface area contributed by atoms with Gasteiger partial charge in [-0.2, -0.15) is 0 Å². The number of rotatable bonds is 5. The first-order valence-electron chi connectivity index (χ1n) is 5.83. The predicted octanol–water partition coefficient (Wildman–Crippen LogP) is 1.80. The third-order valence-electron chi connectivity index (χ3n) is 2.92. The van der Waals surface area contributed by atoms with Crippen molar-refractivity contribution in [2.75, 3.05) is 14.2 Å². The number of methoxy groups -OCH3 is 2. The SMILES string of the molecule is COC(=O)C(NC1CC1)c1cc(F)ccc1OC. The van der Waals surface area contributed by atoms with E-state index in [1.165, 1.54) is 32.4 Å². The molecule has 0 saturated heterocycles. The molecule has 1 aromatic rings. The summed E-state index contributed by atoms with van der Waals surface area (Å²) in [5, 5.41) is 3.14. The van der Waals surface area contributed by atoms with E-state index >= 15 is 0 Å². The molecular formula is C13H16FNO3. The van der Waals surface area contributed by atoms with Crippen LogP contribution in [-0.2, 0) is 9.53 Å². The van der Waals surface area contributed by atoms with Gasteiger partial charge in [-0.1, -0.05) is 0 Å². The quantitative estimate of drug-likeness (QED) is 0.813. The van der Waals surface area contributed by atoms with Gasteiger partial charge in [0.15, 0.2) is 0 Å². The second-order valence-corrected chi connectivity index (χ2v) is 4.28. The molecule has 0 heterocycles. The van der Waals surface area contributed by atoms with Crippen molar-refractivity contribution >= 4 is 5.97 Å². The highest BCUT2D eigenvalue weighted by atomic mass is 19.1. The highest BCUT2D eigenvalue weighted by Crippen LogP contribution is 2.30. The molecule has 2 rings (SSSR count). The standard InChI is InChI=1S/C13H16FNO3/c1-17-11-6-3-8(14)7-10(11)12(13(16)18-2)15-9-4-5-9/h3,6-7,9,12,15H,4-5H2,1-2H3. The Kier molecular flexibility index (Phi) is 3.81. The van der Waals surface area contributed by atoms with Crippen molar-refractivity contribution in [3.63, 3.8) is 0 Å². The maximum atomic E-state index is 13.3. The molecule has 1 unspecified atom stereocenters. The zero-order valence-electron chi connectivity index (χ0n) is 10.4. The van der Waals surface area contributed by atoms with Crippen LogP contribution in [0.4, 0.5) is 4.39 Å². The van der Waals surface area contributed by atoms with Gasteiger partial charge in [-0.05, 0) is 31.0 Å². The molecule has 0 amide bonds. The molecule has 18 heavy (non-hydrogen) atoms. The van der Waals surface area contributed by atoms with Crippen molar-refractivity contribution in [1.82, 2.24) is 5.32 Å². The average Bonchev–Trinajstić information content (AvgIpc) is 3.19. The zero-order chi connectivity index (χ0) is 13.1. The van der Waals surface area contributed by atoms with E-state index in [1.807, 2.05) is 0 Å². The van der Waals surface area contributed by atoms with Gasteiger partial charge in [0.25, 0.3) is 0 Å². The minimum Gasteiger partial charge on any atom is -0.496 e. The molecule has 98 valence electrons. The van der Waals surface area contributed by atoms with Crippen LogP contribution in [0.1, 0.15) is 24.4 Å². The summed E-state index contributed by atoms with van der Waals surface area (Å²) in [6, 6.07) is 3.72. The van der Waals surface area contributed by atoms with Crippen molar-refractivity contribution in [3.8, 4) is 5.75 Å². The van der Waals surface area contributed by atoms with Crippen molar-refractivity contribution in [2.24, 2.45) is 0 Å². The summed E-state index contributed by atoms with van der Waals surface area (Å²) in [5.41, 5.74) is 0.469. The predicted molar refractivity (Wildman–Crippen MR) is 63.9 cm³/mol. The fourth-order valence-electron chi connectivity index (χ4n) is 1.82. The van der Waals surface area contributed by atoms with Gasteiger partial charge >= 0.3 is 5.97 Å². The monoisotopic (exact) mass is 253 g/mol. The van der Waals surface area contributed by atoms with E-state index in [4.69, 9.17) is 9.47 Å². The number of ether oxygens (including phenoxy) is 2. The van der Waals surface area contributed by atoms with Crippen LogP contribution in [-0.4, -0.2) is 26.2 Å². The van der Waals surface area contributed by atoms with Crippen molar-refractivity contribution in [2.45, 2.75) is 24.9 Å². The van der Waals surface area contributed by atoms with E-state index in [9.17, 15) is 9.18 Å². The molecule has 0 aromatic heterocycles. The Morgan fingerprint density at radius 3 is 2.72 bits per heavy atom. The topological polar surface area (TPSA) is 47.6 Å². The van der Waals surface area contributed by atoms with Crippen LogP contribution in [0.25, 0.3) is 0 Å². The molecule has 1 aliphatic rings. The zero-order valence-corrected chi connectivity index (χ0v) is 10.4. The van der Waals surface area contributed by atoms with Crippen LogP contribution >= 0.6 is 0 Å². The highest BCUT2D eigenvalue weighted by molar-refractivity contribution is 5.78. The first-order valence-corrected chi connectivity index (χ1v) is 5.83. The van der Waals surface area contributed by atoms with Crippen LogP contribution < -0.4 is 10.1 Å². The molecule has 1 N–H and O–H groups in total. The van der Waals surface area contributed by atoms with Crippen molar-refractivity contribution in [1.29, 1.82) is 0 Å². The largest absolute Gasteiger partial charge is 0.496 e. The number of hydrogen-bond acceptors (Lipinski definition) is 4. The van der Waals surface area contributed by atoms with Gasteiger partial charge in [-0.3, -0.25) is 5.32 Å². The van der Waals surface area contributed by atoms with Crippen LogP contribution in [0.15, 0.2) is 18.2 Å². The molecule has 1 fully saturated rings. The molecule has 1 atom stereocenters. The minimum absolute atomic E-state index is 0.294. The lowest BCUT2D eigenvalue weighted by Gasteiger charge is -2.19. The smallest absolute Gasteiger partial charge is 0.327 e. The van der Waals surface area contributed by atoms with Gasteiger partial charge in [-0.25, -0.2) is 9.18 Å². The molecule has 0 radical (unpaired) electrons. The lowest BCUT2D eigenvalue weighted by molar-refractivity contribution is -0.143. The van der Waals surface area contributed by atoms with Gasteiger partial charge in [-0.15, -0.1) is 0 Å². The number of halogens is 1. The maximum absolute atomic E-state index is 13.3. The Bertz CT molecular complexity index is 446. The Morgan fingerprint density at radius 1 is 1.44 bits per heavy atom. The summed E-state index contributed by atoms with van der Waals surface area (Å²) in [5.74, 6) is -0.372. The Labute approximate surface area is 105 Å². The summed E-state index contributed by atoms with van der Waals surface area (Å²) in [7, 11) is 2.80. The van der Waals surface area contributed by atoms with E-state index in [2.05, 4.69) is 5.32 Å². The van der Waals surface area contributed by atoms with Gasteiger partial charge in [0.1, 0.15) is 17.6 Å². The summed E-state index contributed by atoms with van der Waals surface area (Å²) >= 11 is 0. The van der Waals surface area contributed by atoms with E-state index in [0.29, 0.717) is 17.4 Å². The lowest BCUT2D eigenvalue weighted by Crippen LogP contribution is -2.31. The van der Waals surface area contributed by atoms with Gasteiger partial charge in [0.05, 0.1) is 14.2 Å². The van der Waals surface area contributed by atoms with Crippen molar-refractivity contribution in [3.05, 3.63) is 29.6 Å². The molecule has 1 aromatic carbocycles. The van der Waals surface area contributed by atoms with Crippen LogP contribution in [0.2, 0.25) is 0 Å². The number of hydrogen-bond donors (Lipinski definition) is 1. The first kappa shape index (κ1) is 12.8. The third kappa shape index (κ3) is 2.79. The number of esters is 1. The van der Waals surface area contributed by atoms with Crippen LogP contribution in [0.3, 0.4) is 0 Å². The molecule has 1 saturated carbocycles. The molecule has 0 bridgehead atoms. The Hall–Kier alpha value is -1.62. The van der Waals surface area contributed by atoms with Crippen LogP contribution in [0, 0.1) is 5.82 Å². The minimum atomic E-state index is -0.687. The molecule has 5 heteroatoms. The number of benzene rings is 1. The summed E-state index contributed by atoms with van der Waals surface area (Å²) in [6.45, 7) is 0. The number of carbonyl (C=O) groups excluding carboxylic acids is 1. The van der Waals surface area contributed by atoms with Gasteiger partial charge in [0.2, 0.25) is 0 Å². The number of carbonyl (C=O) groups is 1. The van der Waals surface area contributed by atoms with E-state index in [1.54, 1.807) is 0 Å². The van der Waals surface area contributed by atoms with Gasteiger partial charge in [0, 0.05) is 11.6 Å². The summed E-state index contributed by atoms with van der Waals surface area (Å²) < 4.78 is 23.2. The molecule has 0 spiro atoms.